The minimum atomic E-state index is -4.60. The highest BCUT2D eigenvalue weighted by atomic mass is 32.2. The van der Waals surface area contributed by atoms with Gasteiger partial charge in [0.15, 0.2) is 0 Å². The smallest absolute Gasteiger partial charge is 0.293 e. The number of nitro benzene ring substituents is 1. The number of anilines is 3. The van der Waals surface area contributed by atoms with E-state index in [1.165, 1.54) is 35.5 Å². The summed E-state index contributed by atoms with van der Waals surface area (Å²) in [6.45, 7) is 9.69. The summed E-state index contributed by atoms with van der Waals surface area (Å²) in [5.74, 6) is -0.686. The summed E-state index contributed by atoms with van der Waals surface area (Å²) in [5.41, 5.74) is 5.21. The number of carbonyl (C=O) groups excluding carboxylic acids is 2. The summed E-state index contributed by atoms with van der Waals surface area (Å²) < 4.78 is 46.8. The van der Waals surface area contributed by atoms with Crippen molar-refractivity contribution < 1.29 is 37.1 Å². The molecule has 354 valence electrons. The third-order valence-corrected chi connectivity index (χ3v) is 14.8. The molecule has 9 rings (SSSR count). The van der Waals surface area contributed by atoms with Gasteiger partial charge >= 0.3 is 0 Å². The Morgan fingerprint density at radius 2 is 1.82 bits per heavy atom. The van der Waals surface area contributed by atoms with Crippen LogP contribution in [0.25, 0.3) is 16.6 Å². The van der Waals surface area contributed by atoms with E-state index in [4.69, 9.17) is 14.2 Å². The number of fused-ring (bicyclic) bond motifs is 1. The maximum Gasteiger partial charge on any atom is 0.293 e. The SMILES string of the molecule is CC1(C)CCC(CN2CCN(c3ccc(C(=O)NS(=O)(=O)c4ccc(NCC5COCCO5)c([N+](=O)[O-])c4)c(Oc4cnc5[nH]ccc5c4)c3)CC2)=C(c2cc(C(=O)Nc3ccccc3)cs2)C1. The number of pyridine rings is 1. The molecule has 4 N–H and O–H groups in total. The molecule has 0 spiro atoms. The molecule has 19 heteroatoms. The molecule has 1 unspecified atom stereocenters. The molecular weight excluding hydrogens is 909 g/mol. The predicted molar refractivity (Wildman–Crippen MR) is 261 cm³/mol. The Bertz CT molecular complexity index is 2980. The van der Waals surface area contributed by atoms with Gasteiger partial charge in [0.1, 0.15) is 22.8 Å². The van der Waals surface area contributed by atoms with Crippen molar-refractivity contribution in [2.75, 3.05) is 74.6 Å². The summed E-state index contributed by atoms with van der Waals surface area (Å²) >= 11 is 1.62. The summed E-state index contributed by atoms with van der Waals surface area (Å²) in [4.78, 5) is 51.3. The second kappa shape index (κ2) is 19.9. The predicted octanol–water partition coefficient (Wildman–Crippen LogP) is 8.31. The molecule has 0 saturated carbocycles. The van der Waals surface area contributed by atoms with E-state index in [9.17, 15) is 28.1 Å². The van der Waals surface area contributed by atoms with Crippen LogP contribution in [0.1, 0.15) is 58.7 Å². The van der Waals surface area contributed by atoms with E-state index < -0.39 is 31.4 Å². The molecule has 2 aliphatic heterocycles. The van der Waals surface area contributed by atoms with Crippen LogP contribution < -0.4 is 25.0 Å². The van der Waals surface area contributed by atoms with Crippen LogP contribution in [0.2, 0.25) is 0 Å². The van der Waals surface area contributed by atoms with Crippen molar-refractivity contribution in [2.24, 2.45) is 5.41 Å². The minimum absolute atomic E-state index is 0.0680. The monoisotopic (exact) mass is 960 g/mol. The number of amides is 2. The fourth-order valence-electron chi connectivity index (χ4n) is 8.72. The molecule has 3 aliphatic rings. The van der Waals surface area contributed by atoms with Crippen LogP contribution in [-0.2, 0) is 19.5 Å². The van der Waals surface area contributed by atoms with Gasteiger partial charge in [0.25, 0.3) is 27.5 Å². The number of allylic oxidation sites excluding steroid dienone is 1. The Kier molecular flexibility index (Phi) is 13.6. The molecule has 2 amide bonds. The lowest BCUT2D eigenvalue weighted by Crippen LogP contribution is -2.47. The second-order valence-corrected chi connectivity index (χ2v) is 20.5. The number of hydrogen-bond acceptors (Lipinski definition) is 14. The first-order valence-electron chi connectivity index (χ1n) is 22.4. The first-order valence-corrected chi connectivity index (χ1v) is 24.8. The Hall–Kier alpha value is -6.64. The average molecular weight is 961 g/mol. The van der Waals surface area contributed by atoms with E-state index in [1.54, 1.807) is 35.7 Å². The van der Waals surface area contributed by atoms with Crippen molar-refractivity contribution >= 4 is 72.5 Å². The maximum atomic E-state index is 14.0. The van der Waals surface area contributed by atoms with Crippen molar-refractivity contribution in [3.63, 3.8) is 0 Å². The molecule has 17 nitrogen and oxygen atoms in total. The fraction of sp³-hybridized carbons (Fsp3) is 0.327. The number of rotatable bonds is 15. The molecule has 6 aromatic rings. The van der Waals surface area contributed by atoms with E-state index in [-0.39, 0.29) is 41.0 Å². The van der Waals surface area contributed by atoms with Gasteiger partial charge in [-0.05, 0) is 84.8 Å². The van der Waals surface area contributed by atoms with Crippen molar-refractivity contribution in [3.05, 3.63) is 134 Å². The van der Waals surface area contributed by atoms with Gasteiger partial charge in [0, 0.05) is 84.6 Å². The number of H-pyrrole nitrogens is 1. The van der Waals surface area contributed by atoms with Gasteiger partial charge in [-0.3, -0.25) is 24.6 Å². The zero-order valence-electron chi connectivity index (χ0n) is 37.7. The van der Waals surface area contributed by atoms with Crippen LogP contribution in [0, 0.1) is 15.5 Å². The highest BCUT2D eigenvalue weighted by Crippen LogP contribution is 2.45. The van der Waals surface area contributed by atoms with Crippen LogP contribution in [0.3, 0.4) is 0 Å². The first kappa shape index (κ1) is 46.5. The summed E-state index contributed by atoms with van der Waals surface area (Å²) in [7, 11) is -4.60. The van der Waals surface area contributed by atoms with Crippen LogP contribution in [0.4, 0.5) is 22.7 Å². The lowest BCUT2D eigenvalue weighted by molar-refractivity contribution is -0.384. The Labute approximate surface area is 397 Å². The van der Waals surface area contributed by atoms with Crippen molar-refractivity contribution in [1.82, 2.24) is 19.6 Å². The third kappa shape index (κ3) is 10.9. The summed E-state index contributed by atoms with van der Waals surface area (Å²) in [5, 5.41) is 20.8. The molecule has 1 aliphatic carbocycles. The van der Waals surface area contributed by atoms with Crippen LogP contribution >= 0.6 is 11.3 Å². The molecule has 5 heterocycles. The molecule has 3 aromatic heterocycles. The van der Waals surface area contributed by atoms with Gasteiger partial charge in [0.05, 0.1) is 53.1 Å². The number of thiophene rings is 1. The van der Waals surface area contributed by atoms with Crippen LogP contribution in [0.15, 0.2) is 113 Å². The number of aromatic amines is 1. The molecule has 68 heavy (non-hydrogen) atoms. The number of carbonyl (C=O) groups is 2. The number of nitrogens with zero attached hydrogens (tertiary/aromatic N) is 4. The number of ether oxygens (including phenoxy) is 3. The molecule has 2 fully saturated rings. The molecule has 1 atom stereocenters. The molecule has 0 radical (unpaired) electrons. The second-order valence-electron chi connectivity index (χ2n) is 17.9. The number of nitro groups is 1. The number of sulfonamides is 1. The topological polar surface area (TPSA) is 210 Å². The quantitative estimate of drug-likeness (QED) is 0.0564. The van der Waals surface area contributed by atoms with Crippen LogP contribution in [-0.4, -0.2) is 105 Å². The Morgan fingerprint density at radius 3 is 2.60 bits per heavy atom. The minimum Gasteiger partial charge on any atom is -0.455 e. The van der Waals surface area contributed by atoms with Crippen molar-refractivity contribution in [2.45, 2.75) is 44.1 Å². The standard InChI is InChI=1S/C49H52N8O9S2/c1-49(2)14-12-33(41(26-49)45-23-34(31-67-45)47(58)53-35-6-4-3-5-7-35)29-55-16-18-56(19-17-55)36-8-10-40(44(24-36)66-37-22-32-13-15-50-46(32)52-27-37)48(59)54-68(62,63)39-9-11-42(43(25-39)57(60)61)51-28-38-30-64-20-21-65-38/h3-11,13,15,22-25,27,31,38,51H,12,14,16-21,26,28-30H2,1-2H3,(H,50,52)(H,53,58)(H,54,59). The molecular formula is C49H52N8O9S2. The molecule has 2 saturated heterocycles. The first-order chi connectivity index (χ1) is 32.8. The molecule has 0 bridgehead atoms. The van der Waals surface area contributed by atoms with E-state index in [2.05, 4.69) is 49.0 Å². The number of nitrogens with one attached hydrogen (secondary N) is 4. The van der Waals surface area contributed by atoms with Gasteiger partial charge < -0.3 is 34.7 Å². The zero-order chi connectivity index (χ0) is 47.4. The number of hydrogen-bond donors (Lipinski definition) is 4. The highest BCUT2D eigenvalue weighted by molar-refractivity contribution is 7.90. The average Bonchev–Trinajstić information content (AvgIpc) is 4.03. The number of aromatic nitrogens is 2. The lowest BCUT2D eigenvalue weighted by Gasteiger charge is -2.39. The fourth-order valence-corrected chi connectivity index (χ4v) is 10.7. The van der Waals surface area contributed by atoms with Gasteiger partial charge in [0.2, 0.25) is 0 Å². The Balaban J connectivity index is 0.911. The third-order valence-electron chi connectivity index (χ3n) is 12.4. The van der Waals surface area contributed by atoms with Crippen LogP contribution in [0.5, 0.6) is 11.5 Å². The van der Waals surface area contributed by atoms with Crippen molar-refractivity contribution in [1.29, 1.82) is 0 Å². The normalized spacial score (nSPS) is 17.7. The van der Waals surface area contributed by atoms with E-state index in [0.717, 1.165) is 66.6 Å². The van der Waals surface area contributed by atoms with Gasteiger partial charge in [-0.1, -0.05) is 37.6 Å². The maximum absolute atomic E-state index is 14.0. The summed E-state index contributed by atoms with van der Waals surface area (Å²) in [6, 6.07) is 23.5. The Morgan fingerprint density at radius 1 is 1.00 bits per heavy atom. The number of para-hydroxylation sites is 1. The highest BCUT2D eigenvalue weighted by Gasteiger charge is 2.31. The number of benzene rings is 3. The zero-order valence-corrected chi connectivity index (χ0v) is 39.3. The number of piperazine rings is 1. The lowest BCUT2D eigenvalue weighted by atomic mass is 9.73. The van der Waals surface area contributed by atoms with Gasteiger partial charge in [-0.25, -0.2) is 18.1 Å². The largest absolute Gasteiger partial charge is 0.455 e. The van der Waals surface area contributed by atoms with E-state index in [0.29, 0.717) is 49.9 Å². The summed E-state index contributed by atoms with van der Waals surface area (Å²) in [6.07, 6.45) is 5.90. The van der Waals surface area contributed by atoms with Gasteiger partial charge in [-0.15, -0.1) is 11.3 Å². The molecule has 3 aromatic carbocycles. The van der Waals surface area contributed by atoms with E-state index >= 15 is 0 Å². The van der Waals surface area contributed by atoms with Gasteiger partial charge in [-0.2, -0.15) is 0 Å². The van der Waals surface area contributed by atoms with E-state index in [1.807, 2.05) is 47.8 Å². The van der Waals surface area contributed by atoms with Crippen molar-refractivity contribution in [3.8, 4) is 11.5 Å².